The van der Waals surface area contributed by atoms with Crippen LogP contribution in [-0.2, 0) is 19.9 Å². The smallest absolute Gasteiger partial charge is 0.293 e. The molecule has 4 nitrogen and oxygen atoms in total. The highest BCUT2D eigenvalue weighted by atomic mass is 32.3. The fourth-order valence-corrected chi connectivity index (χ4v) is 5.79. The summed E-state index contributed by atoms with van der Waals surface area (Å²) in [6.07, 6.45) is -10.9. The first-order chi connectivity index (χ1) is 14.3. The van der Waals surface area contributed by atoms with Gasteiger partial charge in [-0.15, -0.1) is 10.3 Å². The minimum absolute atomic E-state index is 0.432. The minimum atomic E-state index is -7.51. The van der Waals surface area contributed by atoms with Crippen LogP contribution in [0.25, 0.3) is 0 Å². The van der Waals surface area contributed by atoms with E-state index in [1.807, 2.05) is 0 Å². The van der Waals surface area contributed by atoms with E-state index in [1.54, 1.807) is 0 Å². The first kappa shape index (κ1) is 29.3. The number of carbonyl (C=O) groups is 1. The number of Topliss-reactive ketones (excluding diaryl/α,β-unsaturated/α-hetero) is 1. The molecule has 192 valence electrons. The molecule has 0 radical (unpaired) electrons. The van der Waals surface area contributed by atoms with E-state index in [0.717, 1.165) is 0 Å². The normalized spacial score (nSPS) is 15.5. The van der Waals surface area contributed by atoms with Crippen molar-refractivity contribution in [2.75, 3.05) is 18.3 Å². The van der Waals surface area contributed by atoms with Crippen LogP contribution in [0.1, 0.15) is 15.9 Å². The molecule has 0 saturated carbocycles. The van der Waals surface area contributed by atoms with Crippen LogP contribution in [-0.4, -0.2) is 55.7 Å². The van der Waals surface area contributed by atoms with Crippen LogP contribution in [0.2, 0.25) is 0 Å². The minimum Gasteiger partial charge on any atom is -0.293 e. The molecule has 33 heavy (non-hydrogen) atoms. The molecule has 0 saturated heterocycles. The molecule has 0 amide bonds. The zero-order valence-electron chi connectivity index (χ0n) is 16.0. The standard InChI is InChI=1S/C15H12F12O4S2/c1-32(2,7-10(28)8-3-5-9(6-4-8)11(16,17)18)31-33(29,30)15(26,27)13(21,22)12(19,20)14(23,24)25/h3-6H,7H2,1-2H3. The molecule has 0 aliphatic heterocycles. The molecule has 1 aromatic carbocycles. The van der Waals surface area contributed by atoms with E-state index in [0.29, 0.717) is 36.8 Å². The maximum atomic E-state index is 13.7. The van der Waals surface area contributed by atoms with E-state index in [-0.39, 0.29) is 0 Å². The Hall–Kier alpha value is -1.69. The van der Waals surface area contributed by atoms with Crippen LogP contribution in [0.15, 0.2) is 24.3 Å². The summed E-state index contributed by atoms with van der Waals surface area (Å²) >= 11 is 0. The van der Waals surface area contributed by atoms with Gasteiger partial charge in [-0.2, -0.15) is 61.1 Å². The summed E-state index contributed by atoms with van der Waals surface area (Å²) in [4.78, 5) is 12.1. The Balaban J connectivity index is 3.18. The summed E-state index contributed by atoms with van der Waals surface area (Å²) in [6, 6.07) is 2.09. The van der Waals surface area contributed by atoms with Crippen molar-refractivity contribution in [3.05, 3.63) is 35.4 Å². The van der Waals surface area contributed by atoms with Crippen molar-refractivity contribution in [3.63, 3.8) is 0 Å². The van der Waals surface area contributed by atoms with Gasteiger partial charge < -0.3 is 0 Å². The Morgan fingerprint density at radius 1 is 0.788 bits per heavy atom. The third kappa shape index (κ3) is 5.70. The highest BCUT2D eigenvalue weighted by Crippen LogP contribution is 2.57. The van der Waals surface area contributed by atoms with Crippen molar-refractivity contribution in [3.8, 4) is 0 Å². The number of carbonyl (C=O) groups excluding carboxylic acids is 1. The first-order valence-corrected chi connectivity index (χ1v) is 11.8. The van der Waals surface area contributed by atoms with Gasteiger partial charge >= 0.3 is 39.6 Å². The van der Waals surface area contributed by atoms with Crippen molar-refractivity contribution in [1.29, 1.82) is 0 Å². The number of benzene rings is 1. The predicted molar refractivity (Wildman–Crippen MR) is 91.0 cm³/mol. The molecule has 0 aromatic heterocycles. The third-order valence-corrected chi connectivity index (χ3v) is 7.75. The van der Waals surface area contributed by atoms with Gasteiger partial charge in [-0.3, -0.25) is 4.79 Å². The van der Waals surface area contributed by atoms with Gasteiger partial charge in [-0.05, 0) is 24.6 Å². The van der Waals surface area contributed by atoms with E-state index in [4.69, 9.17) is 0 Å². The topological polar surface area (TPSA) is 60.4 Å². The Kier molecular flexibility index (Phi) is 7.57. The molecule has 0 bridgehead atoms. The van der Waals surface area contributed by atoms with Crippen LogP contribution in [0, 0.1) is 0 Å². The average molecular weight is 548 g/mol. The number of hydrogen-bond donors (Lipinski definition) is 0. The van der Waals surface area contributed by atoms with Crippen molar-refractivity contribution >= 4 is 26.2 Å². The van der Waals surface area contributed by atoms with Crippen molar-refractivity contribution < 1.29 is 69.5 Å². The second-order valence-corrected chi connectivity index (χ2v) is 11.9. The summed E-state index contributed by atoms with van der Waals surface area (Å²) in [5.74, 6) is -17.4. The molecule has 0 atom stereocenters. The third-order valence-electron chi connectivity index (χ3n) is 3.72. The SMILES string of the molecule is CS(C)(CC(=O)c1ccc(C(F)(F)F)cc1)OS(=O)(=O)C(F)(F)C(F)(F)C(F)(F)C(F)(F)F. The van der Waals surface area contributed by atoms with Crippen LogP contribution >= 0.6 is 10.3 Å². The summed E-state index contributed by atoms with van der Waals surface area (Å²) in [5, 5.41) is -7.10. The van der Waals surface area contributed by atoms with Gasteiger partial charge in [0.05, 0.1) is 11.3 Å². The van der Waals surface area contributed by atoms with E-state index < -0.39 is 72.5 Å². The Bertz CT molecular complexity index is 980. The Labute approximate surface area is 179 Å². The van der Waals surface area contributed by atoms with Gasteiger partial charge in [-0.1, -0.05) is 12.1 Å². The fourth-order valence-electron chi connectivity index (χ4n) is 2.07. The van der Waals surface area contributed by atoms with Gasteiger partial charge in [0.2, 0.25) is 0 Å². The van der Waals surface area contributed by atoms with Crippen LogP contribution in [0.5, 0.6) is 0 Å². The lowest BCUT2D eigenvalue weighted by atomic mass is 10.1. The molecule has 0 heterocycles. The highest BCUT2D eigenvalue weighted by Gasteiger charge is 2.86. The molecule has 0 aliphatic carbocycles. The van der Waals surface area contributed by atoms with E-state index in [1.165, 1.54) is 0 Å². The molecular formula is C15H12F12O4S2. The molecule has 18 heteroatoms. The number of alkyl halides is 12. The Morgan fingerprint density at radius 3 is 1.58 bits per heavy atom. The van der Waals surface area contributed by atoms with Gasteiger partial charge in [-0.25, -0.2) is 3.63 Å². The quantitative estimate of drug-likeness (QED) is 0.312. The fraction of sp³-hybridized carbons (Fsp3) is 0.533. The van der Waals surface area contributed by atoms with Crippen LogP contribution in [0.3, 0.4) is 0 Å². The molecule has 1 aromatic rings. The van der Waals surface area contributed by atoms with Crippen molar-refractivity contribution in [2.45, 2.75) is 29.5 Å². The van der Waals surface area contributed by atoms with Crippen LogP contribution < -0.4 is 0 Å². The lowest BCUT2D eigenvalue weighted by Crippen LogP contribution is -2.63. The van der Waals surface area contributed by atoms with E-state index in [2.05, 4.69) is 3.63 Å². The number of ketones is 1. The second kappa shape index (κ2) is 8.51. The van der Waals surface area contributed by atoms with Crippen molar-refractivity contribution in [2.24, 2.45) is 0 Å². The van der Waals surface area contributed by atoms with Gasteiger partial charge in [0.25, 0.3) is 0 Å². The number of rotatable bonds is 8. The monoisotopic (exact) mass is 548 g/mol. The first-order valence-electron chi connectivity index (χ1n) is 7.87. The summed E-state index contributed by atoms with van der Waals surface area (Å²) in [7, 11) is -10.9. The zero-order valence-corrected chi connectivity index (χ0v) is 17.6. The molecule has 0 fully saturated rings. The average Bonchev–Trinajstić information content (AvgIpc) is 2.58. The van der Waals surface area contributed by atoms with E-state index in [9.17, 15) is 65.9 Å². The summed E-state index contributed by atoms with van der Waals surface area (Å²) in [5.41, 5.74) is -1.72. The maximum Gasteiger partial charge on any atom is 0.460 e. The van der Waals surface area contributed by atoms with Crippen molar-refractivity contribution in [1.82, 2.24) is 0 Å². The Morgan fingerprint density at radius 2 is 1.21 bits per heavy atom. The van der Waals surface area contributed by atoms with E-state index >= 15 is 0 Å². The maximum absolute atomic E-state index is 13.7. The number of hydrogen-bond acceptors (Lipinski definition) is 4. The van der Waals surface area contributed by atoms with Gasteiger partial charge in [0, 0.05) is 5.56 Å². The number of halogens is 12. The summed E-state index contributed by atoms with van der Waals surface area (Å²) in [6.45, 7) is 0. The molecular weight excluding hydrogens is 536 g/mol. The summed E-state index contributed by atoms with van der Waals surface area (Å²) < 4.78 is 181. The highest BCUT2D eigenvalue weighted by molar-refractivity contribution is 8.32. The molecule has 0 N–H and O–H groups in total. The van der Waals surface area contributed by atoms with Gasteiger partial charge in [0.15, 0.2) is 5.78 Å². The lowest BCUT2D eigenvalue weighted by molar-refractivity contribution is -0.382. The molecule has 0 aliphatic rings. The second-order valence-electron chi connectivity index (χ2n) is 6.76. The molecule has 0 spiro atoms. The van der Waals surface area contributed by atoms with Crippen LogP contribution in [0.4, 0.5) is 52.7 Å². The molecule has 0 unspecified atom stereocenters. The van der Waals surface area contributed by atoms with Gasteiger partial charge in [0.1, 0.15) is 0 Å². The predicted octanol–water partition coefficient (Wildman–Crippen LogP) is 5.64. The lowest BCUT2D eigenvalue weighted by Gasteiger charge is -2.35. The zero-order chi connectivity index (χ0) is 26.5. The molecule has 1 rings (SSSR count). The largest absolute Gasteiger partial charge is 0.460 e.